The van der Waals surface area contributed by atoms with Crippen molar-refractivity contribution in [2.45, 2.75) is 13.3 Å². The average molecular weight is 172 g/mol. The molecule has 0 spiro atoms. The van der Waals surface area contributed by atoms with Gasteiger partial charge in [0.15, 0.2) is 0 Å². The second-order valence-electron chi connectivity index (χ2n) is 2.88. The van der Waals surface area contributed by atoms with E-state index in [2.05, 4.69) is 0 Å². The molecule has 1 aromatic rings. The van der Waals surface area contributed by atoms with Crippen molar-refractivity contribution in [2.75, 3.05) is 0 Å². The van der Waals surface area contributed by atoms with E-state index in [0.717, 1.165) is 12.0 Å². The van der Waals surface area contributed by atoms with E-state index in [4.69, 9.17) is 5.41 Å². The molecule has 0 unspecified atom stereocenters. The molecule has 0 heterocycles. The van der Waals surface area contributed by atoms with Crippen molar-refractivity contribution in [1.29, 1.82) is 5.41 Å². The first-order chi connectivity index (χ1) is 6.33. The molecule has 67 valence electrons. The number of nitrogens with one attached hydrogen (secondary N) is 1. The highest BCUT2D eigenvalue weighted by atomic mass is 14.4. The fourth-order valence-electron chi connectivity index (χ4n) is 1.05. The van der Waals surface area contributed by atoms with Gasteiger partial charge < -0.3 is 5.41 Å². The minimum Gasteiger partial charge on any atom is -0.305 e. The predicted octanol–water partition coefficient (Wildman–Crippen LogP) is 3.33. The highest BCUT2D eigenvalue weighted by Crippen LogP contribution is 2.01. The molecule has 0 aliphatic carbocycles. The van der Waals surface area contributed by atoms with Crippen LogP contribution in [0, 0.1) is 11.8 Å². The van der Waals surface area contributed by atoms with Crippen LogP contribution in [0.1, 0.15) is 18.9 Å². The van der Waals surface area contributed by atoms with Gasteiger partial charge in [0.25, 0.3) is 0 Å². The average Bonchev–Trinajstić information content (AvgIpc) is 2.17. The second kappa shape index (κ2) is 5.31. The molecular formula is C12H14N. The van der Waals surface area contributed by atoms with Crippen LogP contribution in [0.25, 0.3) is 6.08 Å². The Kier molecular flexibility index (Phi) is 3.97. The number of benzene rings is 1. The van der Waals surface area contributed by atoms with E-state index in [1.54, 1.807) is 0 Å². The maximum Gasteiger partial charge on any atom is 0.0316 e. The standard InChI is InChI=1S/C12H14N/c1-2-6-12(13)10-9-11-7-4-3-5-8-11/h2-5,7-10,13H,6H2,1H3. The van der Waals surface area contributed by atoms with Gasteiger partial charge in [-0.3, -0.25) is 0 Å². The van der Waals surface area contributed by atoms with Crippen molar-refractivity contribution in [3.8, 4) is 0 Å². The van der Waals surface area contributed by atoms with Crippen molar-refractivity contribution < 1.29 is 0 Å². The largest absolute Gasteiger partial charge is 0.305 e. The summed E-state index contributed by atoms with van der Waals surface area (Å²) in [6, 6.07) is 10.0. The Balaban J connectivity index is 2.54. The van der Waals surface area contributed by atoms with Crippen LogP contribution in [0.4, 0.5) is 0 Å². The lowest BCUT2D eigenvalue weighted by Gasteiger charge is -1.93. The van der Waals surface area contributed by atoms with Gasteiger partial charge in [0.2, 0.25) is 0 Å². The van der Waals surface area contributed by atoms with E-state index >= 15 is 0 Å². The lowest BCUT2D eigenvalue weighted by molar-refractivity contribution is 1.24. The third-order valence-corrected chi connectivity index (χ3v) is 1.70. The van der Waals surface area contributed by atoms with Gasteiger partial charge >= 0.3 is 0 Å². The molecule has 0 atom stereocenters. The van der Waals surface area contributed by atoms with E-state index in [0.29, 0.717) is 5.71 Å². The van der Waals surface area contributed by atoms with Crippen LogP contribution in [-0.2, 0) is 0 Å². The zero-order valence-electron chi connectivity index (χ0n) is 7.83. The van der Waals surface area contributed by atoms with Crippen LogP contribution in [-0.4, -0.2) is 5.71 Å². The highest BCUT2D eigenvalue weighted by molar-refractivity contribution is 5.96. The SMILES string of the molecule is C[CH]CC(=N)C=Cc1ccccc1. The van der Waals surface area contributed by atoms with Crippen molar-refractivity contribution in [1.82, 2.24) is 0 Å². The van der Waals surface area contributed by atoms with E-state index in [1.165, 1.54) is 0 Å². The number of hydrogen-bond donors (Lipinski definition) is 1. The fraction of sp³-hybridized carbons (Fsp3) is 0.167. The molecule has 1 rings (SSSR count). The number of allylic oxidation sites excluding steroid dienone is 1. The fourth-order valence-corrected chi connectivity index (χ4v) is 1.05. The van der Waals surface area contributed by atoms with Gasteiger partial charge in [0.1, 0.15) is 0 Å². The lowest BCUT2D eigenvalue weighted by Crippen LogP contribution is -1.88. The summed E-state index contributed by atoms with van der Waals surface area (Å²) in [4.78, 5) is 0. The smallest absolute Gasteiger partial charge is 0.0316 e. The summed E-state index contributed by atoms with van der Waals surface area (Å²) >= 11 is 0. The summed E-state index contributed by atoms with van der Waals surface area (Å²) in [7, 11) is 0. The van der Waals surface area contributed by atoms with Gasteiger partial charge in [-0.2, -0.15) is 0 Å². The van der Waals surface area contributed by atoms with Gasteiger partial charge in [0, 0.05) is 5.71 Å². The molecule has 0 aliphatic rings. The Bertz CT molecular complexity index is 285. The minimum absolute atomic E-state index is 0.645. The molecule has 0 fully saturated rings. The summed E-state index contributed by atoms with van der Waals surface area (Å²) in [6.45, 7) is 1.96. The normalized spacial score (nSPS) is 10.5. The monoisotopic (exact) mass is 172 g/mol. The van der Waals surface area contributed by atoms with Crippen molar-refractivity contribution in [3.05, 3.63) is 48.4 Å². The van der Waals surface area contributed by atoms with Gasteiger partial charge in [0.05, 0.1) is 0 Å². The van der Waals surface area contributed by atoms with E-state index < -0.39 is 0 Å². The first-order valence-corrected chi connectivity index (χ1v) is 4.41. The zero-order valence-corrected chi connectivity index (χ0v) is 7.83. The predicted molar refractivity (Wildman–Crippen MR) is 57.8 cm³/mol. The van der Waals surface area contributed by atoms with Gasteiger partial charge in [-0.05, 0) is 24.5 Å². The van der Waals surface area contributed by atoms with Crippen molar-refractivity contribution in [2.24, 2.45) is 0 Å². The summed E-state index contributed by atoms with van der Waals surface area (Å²) in [5, 5.41) is 7.52. The molecule has 1 nitrogen and oxygen atoms in total. The highest BCUT2D eigenvalue weighted by Gasteiger charge is 1.88. The molecule has 0 saturated carbocycles. The first-order valence-electron chi connectivity index (χ1n) is 4.41. The molecule has 1 heteroatoms. The van der Waals surface area contributed by atoms with Gasteiger partial charge in [-0.1, -0.05) is 43.3 Å². The topological polar surface area (TPSA) is 23.9 Å². The second-order valence-corrected chi connectivity index (χ2v) is 2.88. The Morgan fingerprint density at radius 1 is 1.31 bits per heavy atom. The molecule has 1 radical (unpaired) electrons. The van der Waals surface area contributed by atoms with Crippen molar-refractivity contribution >= 4 is 11.8 Å². The molecule has 1 aromatic carbocycles. The molecule has 0 aromatic heterocycles. The molecule has 0 bridgehead atoms. The van der Waals surface area contributed by atoms with E-state index in [9.17, 15) is 0 Å². The van der Waals surface area contributed by atoms with Crippen LogP contribution in [0.2, 0.25) is 0 Å². The third kappa shape index (κ3) is 3.70. The van der Waals surface area contributed by atoms with Crippen LogP contribution >= 0.6 is 0 Å². The van der Waals surface area contributed by atoms with Crippen molar-refractivity contribution in [3.63, 3.8) is 0 Å². The van der Waals surface area contributed by atoms with E-state index in [1.807, 2.05) is 55.8 Å². The van der Waals surface area contributed by atoms with Gasteiger partial charge in [-0.25, -0.2) is 0 Å². The maximum absolute atomic E-state index is 7.52. The Labute approximate surface area is 79.6 Å². The molecule has 0 aliphatic heterocycles. The van der Waals surface area contributed by atoms with Crippen LogP contribution in [0.3, 0.4) is 0 Å². The van der Waals surface area contributed by atoms with E-state index in [-0.39, 0.29) is 0 Å². The molecular weight excluding hydrogens is 158 g/mol. The lowest BCUT2D eigenvalue weighted by atomic mass is 10.1. The summed E-state index contributed by atoms with van der Waals surface area (Å²) in [6.07, 6.45) is 6.53. The summed E-state index contributed by atoms with van der Waals surface area (Å²) in [5.74, 6) is 0. The quantitative estimate of drug-likeness (QED) is 0.673. The van der Waals surface area contributed by atoms with Crippen LogP contribution in [0.5, 0.6) is 0 Å². The molecule has 1 N–H and O–H groups in total. The van der Waals surface area contributed by atoms with Gasteiger partial charge in [-0.15, -0.1) is 0 Å². The Hall–Kier alpha value is -1.37. The minimum atomic E-state index is 0.645. The number of hydrogen-bond acceptors (Lipinski definition) is 1. The summed E-state index contributed by atoms with van der Waals surface area (Å²) in [5.41, 5.74) is 1.79. The van der Waals surface area contributed by atoms with Crippen LogP contribution in [0.15, 0.2) is 36.4 Å². The number of rotatable bonds is 4. The Morgan fingerprint density at radius 3 is 2.62 bits per heavy atom. The maximum atomic E-state index is 7.52. The first kappa shape index (κ1) is 9.72. The Morgan fingerprint density at radius 2 is 2.00 bits per heavy atom. The molecule has 0 saturated heterocycles. The van der Waals surface area contributed by atoms with Crippen LogP contribution < -0.4 is 0 Å². The zero-order chi connectivity index (χ0) is 9.52. The molecule has 0 amide bonds. The third-order valence-electron chi connectivity index (χ3n) is 1.70. The summed E-state index contributed by atoms with van der Waals surface area (Å²) < 4.78 is 0. The molecule has 13 heavy (non-hydrogen) atoms.